The van der Waals surface area contributed by atoms with Crippen molar-refractivity contribution in [3.8, 4) is 0 Å². The SMILES string of the molecule is O=C(Nc1ccnc(Cl)c1)Nc1ccc(Br)c(CC(F)(F)F)c1. The van der Waals surface area contributed by atoms with Gasteiger partial charge in [-0.1, -0.05) is 27.5 Å². The fourth-order valence-electron chi connectivity index (χ4n) is 1.78. The summed E-state index contributed by atoms with van der Waals surface area (Å²) in [4.78, 5) is 15.6. The Balaban J connectivity index is 2.07. The van der Waals surface area contributed by atoms with Gasteiger partial charge in [-0.15, -0.1) is 0 Å². The summed E-state index contributed by atoms with van der Waals surface area (Å²) in [6, 6.07) is 6.56. The molecule has 1 heterocycles. The molecule has 1 aromatic heterocycles. The molecule has 0 aliphatic carbocycles. The van der Waals surface area contributed by atoms with Crippen molar-refractivity contribution in [3.05, 3.63) is 51.7 Å². The molecule has 0 radical (unpaired) electrons. The standard InChI is InChI=1S/C14H10BrClF3N3O/c15-11-2-1-9(5-8(11)7-14(17,18)19)21-13(23)22-10-3-4-20-12(16)6-10/h1-6H,7H2,(H2,20,21,22,23). The summed E-state index contributed by atoms with van der Waals surface area (Å²) >= 11 is 8.75. The highest BCUT2D eigenvalue weighted by Gasteiger charge is 2.28. The second-order valence-electron chi connectivity index (χ2n) is 4.54. The van der Waals surface area contributed by atoms with Crippen LogP contribution in [-0.2, 0) is 6.42 Å². The zero-order valence-electron chi connectivity index (χ0n) is 11.4. The molecule has 0 bridgehead atoms. The second-order valence-corrected chi connectivity index (χ2v) is 5.79. The minimum Gasteiger partial charge on any atom is -0.308 e. The normalized spacial score (nSPS) is 11.2. The van der Waals surface area contributed by atoms with E-state index < -0.39 is 18.6 Å². The molecule has 0 spiro atoms. The first-order valence-corrected chi connectivity index (χ1v) is 7.45. The van der Waals surface area contributed by atoms with Crippen molar-refractivity contribution in [1.82, 2.24) is 4.98 Å². The largest absolute Gasteiger partial charge is 0.393 e. The van der Waals surface area contributed by atoms with Crippen LogP contribution < -0.4 is 10.6 Å². The summed E-state index contributed by atoms with van der Waals surface area (Å²) < 4.78 is 37.8. The van der Waals surface area contributed by atoms with Crippen molar-refractivity contribution in [1.29, 1.82) is 0 Å². The first kappa shape index (κ1) is 17.6. The molecule has 2 amide bonds. The van der Waals surface area contributed by atoms with Gasteiger partial charge in [-0.05, 0) is 35.9 Å². The number of carbonyl (C=O) groups is 1. The van der Waals surface area contributed by atoms with E-state index in [9.17, 15) is 18.0 Å². The number of alkyl halides is 3. The summed E-state index contributed by atoms with van der Waals surface area (Å²) in [6.45, 7) is 0. The van der Waals surface area contributed by atoms with Gasteiger partial charge in [-0.25, -0.2) is 9.78 Å². The number of amides is 2. The highest BCUT2D eigenvalue weighted by Crippen LogP contribution is 2.28. The fraction of sp³-hybridized carbons (Fsp3) is 0.143. The van der Waals surface area contributed by atoms with Gasteiger partial charge < -0.3 is 10.6 Å². The molecule has 2 aromatic rings. The molecule has 0 aliphatic heterocycles. The maximum atomic E-state index is 12.5. The van der Waals surface area contributed by atoms with Crippen molar-refractivity contribution >= 4 is 44.9 Å². The second kappa shape index (κ2) is 7.18. The molecule has 0 saturated heterocycles. The minimum atomic E-state index is -4.34. The quantitative estimate of drug-likeness (QED) is 0.682. The van der Waals surface area contributed by atoms with Crippen LogP contribution in [0.3, 0.4) is 0 Å². The van der Waals surface area contributed by atoms with E-state index in [1.807, 2.05) is 0 Å². The Hall–Kier alpha value is -1.80. The van der Waals surface area contributed by atoms with Gasteiger partial charge in [-0.3, -0.25) is 0 Å². The van der Waals surface area contributed by atoms with Crippen LogP contribution in [0.25, 0.3) is 0 Å². The first-order valence-electron chi connectivity index (χ1n) is 6.28. The maximum Gasteiger partial charge on any atom is 0.393 e. The number of hydrogen-bond donors (Lipinski definition) is 2. The molecule has 1 aromatic carbocycles. The Morgan fingerprint density at radius 3 is 2.43 bits per heavy atom. The Bertz CT molecular complexity index is 725. The van der Waals surface area contributed by atoms with Crippen LogP contribution in [0.4, 0.5) is 29.3 Å². The van der Waals surface area contributed by atoms with E-state index in [1.54, 1.807) is 0 Å². The summed E-state index contributed by atoms with van der Waals surface area (Å²) in [5, 5.41) is 5.17. The van der Waals surface area contributed by atoms with E-state index in [-0.39, 0.29) is 16.4 Å². The monoisotopic (exact) mass is 407 g/mol. The summed E-state index contributed by atoms with van der Waals surface area (Å²) in [6.07, 6.45) is -4.01. The van der Waals surface area contributed by atoms with Gasteiger partial charge in [0.1, 0.15) is 5.15 Å². The number of aromatic nitrogens is 1. The predicted molar refractivity (Wildman–Crippen MR) is 85.8 cm³/mol. The number of halogens is 5. The van der Waals surface area contributed by atoms with Crippen molar-refractivity contribution in [3.63, 3.8) is 0 Å². The van der Waals surface area contributed by atoms with Crippen LogP contribution in [0.1, 0.15) is 5.56 Å². The molecule has 9 heteroatoms. The average molecular weight is 409 g/mol. The molecular weight excluding hydrogens is 399 g/mol. The number of urea groups is 1. The molecule has 122 valence electrons. The van der Waals surface area contributed by atoms with Crippen LogP contribution in [-0.4, -0.2) is 17.2 Å². The summed E-state index contributed by atoms with van der Waals surface area (Å²) in [5.74, 6) is 0. The molecule has 0 aliphatic rings. The van der Waals surface area contributed by atoms with E-state index in [0.717, 1.165) is 0 Å². The number of rotatable bonds is 3. The third-order valence-corrected chi connectivity index (χ3v) is 3.66. The molecule has 2 N–H and O–H groups in total. The van der Waals surface area contributed by atoms with Gasteiger partial charge in [-0.2, -0.15) is 13.2 Å². The third kappa shape index (κ3) is 5.72. The highest BCUT2D eigenvalue weighted by atomic mass is 79.9. The minimum absolute atomic E-state index is 0.0299. The first-order chi connectivity index (χ1) is 10.7. The lowest BCUT2D eigenvalue weighted by molar-refractivity contribution is -0.127. The molecule has 4 nitrogen and oxygen atoms in total. The van der Waals surface area contributed by atoms with Gasteiger partial charge in [0.15, 0.2) is 0 Å². The third-order valence-electron chi connectivity index (χ3n) is 2.68. The molecule has 0 unspecified atom stereocenters. The van der Waals surface area contributed by atoms with E-state index in [1.165, 1.54) is 36.5 Å². The van der Waals surface area contributed by atoms with Gasteiger partial charge in [0, 0.05) is 22.0 Å². The Kier molecular flexibility index (Phi) is 5.48. The number of nitrogens with one attached hydrogen (secondary N) is 2. The number of anilines is 2. The number of benzene rings is 1. The Morgan fingerprint density at radius 1 is 1.17 bits per heavy atom. The van der Waals surface area contributed by atoms with E-state index in [2.05, 4.69) is 31.5 Å². The van der Waals surface area contributed by atoms with Gasteiger partial charge in [0.25, 0.3) is 0 Å². The Labute approximate surface area is 143 Å². The molecule has 0 saturated carbocycles. The molecule has 2 rings (SSSR count). The smallest absolute Gasteiger partial charge is 0.308 e. The molecule has 0 fully saturated rings. The lowest BCUT2D eigenvalue weighted by atomic mass is 10.1. The predicted octanol–water partition coefficient (Wildman–Crippen LogP) is 5.25. The highest BCUT2D eigenvalue weighted by molar-refractivity contribution is 9.10. The maximum absolute atomic E-state index is 12.5. The molecular formula is C14H10BrClF3N3O. The number of nitrogens with zero attached hydrogens (tertiary/aromatic N) is 1. The van der Waals surface area contributed by atoms with Crippen molar-refractivity contribution < 1.29 is 18.0 Å². The average Bonchev–Trinajstić information content (AvgIpc) is 2.41. The van der Waals surface area contributed by atoms with Crippen LogP contribution in [0.5, 0.6) is 0 Å². The number of pyridine rings is 1. The van der Waals surface area contributed by atoms with Crippen LogP contribution in [0.2, 0.25) is 5.15 Å². The zero-order valence-corrected chi connectivity index (χ0v) is 13.8. The zero-order chi connectivity index (χ0) is 17.0. The van der Waals surface area contributed by atoms with Crippen LogP contribution >= 0.6 is 27.5 Å². The van der Waals surface area contributed by atoms with E-state index >= 15 is 0 Å². The van der Waals surface area contributed by atoms with Gasteiger partial charge in [0.05, 0.1) is 6.42 Å². The summed E-state index contributed by atoms with van der Waals surface area (Å²) in [7, 11) is 0. The van der Waals surface area contributed by atoms with Crippen LogP contribution in [0, 0.1) is 0 Å². The Morgan fingerprint density at radius 2 is 1.83 bits per heavy atom. The van der Waals surface area contributed by atoms with Crippen LogP contribution in [0.15, 0.2) is 41.0 Å². The van der Waals surface area contributed by atoms with Gasteiger partial charge >= 0.3 is 12.2 Å². The topological polar surface area (TPSA) is 54.0 Å². The van der Waals surface area contributed by atoms with Gasteiger partial charge in [0.2, 0.25) is 0 Å². The summed E-state index contributed by atoms with van der Waals surface area (Å²) in [5.41, 5.74) is 0.683. The van der Waals surface area contributed by atoms with E-state index in [4.69, 9.17) is 11.6 Å². The van der Waals surface area contributed by atoms with E-state index in [0.29, 0.717) is 10.2 Å². The van der Waals surface area contributed by atoms with Crippen molar-refractivity contribution in [2.45, 2.75) is 12.6 Å². The number of hydrogen-bond acceptors (Lipinski definition) is 2. The number of carbonyl (C=O) groups excluding carboxylic acids is 1. The molecule has 23 heavy (non-hydrogen) atoms. The lowest BCUT2D eigenvalue weighted by Gasteiger charge is -2.12. The molecule has 0 atom stereocenters. The fourth-order valence-corrected chi connectivity index (χ4v) is 2.34. The van der Waals surface area contributed by atoms with Crippen molar-refractivity contribution in [2.24, 2.45) is 0 Å². The lowest BCUT2D eigenvalue weighted by Crippen LogP contribution is -2.20. The van der Waals surface area contributed by atoms with Crippen molar-refractivity contribution in [2.75, 3.05) is 10.6 Å².